The Kier molecular flexibility index (Phi) is 14.0. The average Bonchev–Trinajstić information content (AvgIpc) is 2.62. The van der Waals surface area contributed by atoms with Crippen molar-refractivity contribution in [2.75, 3.05) is 19.8 Å². The third-order valence-corrected chi connectivity index (χ3v) is 1.96. The summed E-state index contributed by atoms with van der Waals surface area (Å²) in [4.78, 5) is 42.5. The van der Waals surface area contributed by atoms with Gasteiger partial charge in [-0.15, -0.1) is 0 Å². The first-order chi connectivity index (χ1) is 10.1. The molecule has 0 saturated carbocycles. The fourth-order valence-electron chi connectivity index (χ4n) is 1.07. The predicted octanol–water partition coefficient (Wildman–Crippen LogP) is 0.273. The summed E-state index contributed by atoms with van der Waals surface area (Å²) in [5.74, 6) is -0.480. The number of ether oxygens (including phenoxy) is 2. The maximum Gasteiger partial charge on any atom is 0.466 e. The van der Waals surface area contributed by atoms with E-state index in [4.69, 9.17) is 29.1 Å². The smallest absolute Gasteiger partial charge is 0.466 e. The highest BCUT2D eigenvalue weighted by Gasteiger charge is 2.05. The van der Waals surface area contributed by atoms with Crippen LogP contribution in [0.15, 0.2) is 12.2 Å². The summed E-state index contributed by atoms with van der Waals surface area (Å²) >= 11 is 0. The van der Waals surface area contributed by atoms with Crippen molar-refractivity contribution >= 4 is 19.8 Å². The van der Waals surface area contributed by atoms with Crippen LogP contribution in [-0.4, -0.2) is 51.5 Å². The number of hydrogen-bond donors (Lipinski definition) is 4. The topological polar surface area (TPSA) is 151 Å². The van der Waals surface area contributed by atoms with Crippen molar-refractivity contribution in [3.63, 3.8) is 0 Å². The van der Waals surface area contributed by atoms with Gasteiger partial charge in [0.2, 0.25) is 0 Å². The molecule has 1 fully saturated rings. The molecule has 4 N–H and O–H groups in total. The lowest BCUT2D eigenvalue weighted by atomic mass is 10.2. The molecule has 1 rings (SSSR count). The van der Waals surface area contributed by atoms with E-state index in [2.05, 4.69) is 11.3 Å². The van der Waals surface area contributed by atoms with E-state index in [1.54, 1.807) is 6.92 Å². The van der Waals surface area contributed by atoms with Crippen LogP contribution in [0.25, 0.3) is 0 Å². The number of esters is 2. The Hall–Kier alpha value is -1.25. The Morgan fingerprint density at radius 3 is 2.32 bits per heavy atom. The van der Waals surface area contributed by atoms with Gasteiger partial charge in [0.25, 0.3) is 0 Å². The van der Waals surface area contributed by atoms with Crippen LogP contribution < -0.4 is 0 Å². The minimum Gasteiger partial charge on any atom is -0.466 e. The Bertz CT molecular complexity index is 370. The molecular formula is C12H23O9P. The highest BCUT2D eigenvalue weighted by molar-refractivity contribution is 7.45. The summed E-state index contributed by atoms with van der Waals surface area (Å²) in [6, 6.07) is 0. The number of carbonyl (C=O) groups is 2. The highest BCUT2D eigenvalue weighted by Crippen LogP contribution is 2.25. The molecule has 22 heavy (non-hydrogen) atoms. The van der Waals surface area contributed by atoms with Crippen molar-refractivity contribution in [1.29, 1.82) is 0 Å². The van der Waals surface area contributed by atoms with E-state index in [1.807, 2.05) is 0 Å². The van der Waals surface area contributed by atoms with Gasteiger partial charge in [-0.25, -0.2) is 9.36 Å². The van der Waals surface area contributed by atoms with Crippen molar-refractivity contribution in [1.82, 2.24) is 0 Å². The molecule has 0 aromatic carbocycles. The molecule has 1 heterocycles. The molecule has 0 unspecified atom stereocenters. The first-order valence-corrected chi connectivity index (χ1v) is 8.01. The second-order valence-electron chi connectivity index (χ2n) is 4.18. The van der Waals surface area contributed by atoms with Gasteiger partial charge in [0, 0.05) is 12.0 Å². The minimum atomic E-state index is -4.64. The molecule has 0 aliphatic carbocycles. The zero-order chi connectivity index (χ0) is 17.6. The van der Waals surface area contributed by atoms with Gasteiger partial charge in [0.15, 0.2) is 0 Å². The molecule has 0 atom stereocenters. The summed E-state index contributed by atoms with van der Waals surface area (Å²) in [5.41, 5.74) is 0.350. The van der Waals surface area contributed by atoms with Crippen LogP contribution >= 0.6 is 7.82 Å². The second kappa shape index (κ2) is 13.4. The summed E-state index contributed by atoms with van der Waals surface area (Å²) < 4.78 is 18.1. The standard InChI is InChI=1S/C6H10O3.C6H10O2.H3O4P/c1-5(2)6(8)9-4-3-7;7-6-4-2-1-3-5-8-6;1-5(2,3)4/h7H,1,3-4H2,2H3;1-5H2;(H3,1,2,3,4). The van der Waals surface area contributed by atoms with Crippen LogP contribution in [-0.2, 0) is 23.6 Å². The predicted molar refractivity (Wildman–Crippen MR) is 76.5 cm³/mol. The first kappa shape index (κ1) is 23.0. The van der Waals surface area contributed by atoms with E-state index < -0.39 is 13.8 Å². The lowest BCUT2D eigenvalue weighted by Crippen LogP contribution is -2.08. The van der Waals surface area contributed by atoms with Gasteiger partial charge >= 0.3 is 19.8 Å². The fourth-order valence-corrected chi connectivity index (χ4v) is 1.07. The zero-order valence-corrected chi connectivity index (χ0v) is 13.3. The molecule has 1 aliphatic heterocycles. The summed E-state index contributed by atoms with van der Waals surface area (Å²) in [6.07, 6.45) is 3.83. The molecule has 10 heteroatoms. The number of carbonyl (C=O) groups excluding carboxylic acids is 2. The van der Waals surface area contributed by atoms with E-state index in [9.17, 15) is 9.59 Å². The molecule has 0 amide bonds. The van der Waals surface area contributed by atoms with E-state index in [0.29, 0.717) is 18.6 Å². The molecule has 1 aliphatic rings. The van der Waals surface area contributed by atoms with Gasteiger partial charge in [-0.3, -0.25) is 4.79 Å². The maximum absolute atomic E-state index is 10.5. The fraction of sp³-hybridized carbons (Fsp3) is 0.667. The van der Waals surface area contributed by atoms with Crippen LogP contribution in [0.4, 0.5) is 0 Å². The second-order valence-corrected chi connectivity index (χ2v) is 5.21. The lowest BCUT2D eigenvalue weighted by molar-refractivity contribution is -0.142. The van der Waals surface area contributed by atoms with E-state index in [1.165, 1.54) is 0 Å². The third kappa shape index (κ3) is 23.8. The molecule has 0 radical (unpaired) electrons. The van der Waals surface area contributed by atoms with Gasteiger partial charge in [-0.2, -0.15) is 0 Å². The highest BCUT2D eigenvalue weighted by atomic mass is 31.2. The molecule has 0 aromatic heterocycles. The van der Waals surface area contributed by atoms with Crippen LogP contribution in [0.1, 0.15) is 32.6 Å². The Labute approximate surface area is 128 Å². The minimum absolute atomic E-state index is 0.0255. The van der Waals surface area contributed by atoms with Crippen molar-refractivity contribution in [3.05, 3.63) is 12.2 Å². The molecular weight excluding hydrogens is 319 g/mol. The van der Waals surface area contributed by atoms with Gasteiger partial charge < -0.3 is 29.3 Å². The van der Waals surface area contributed by atoms with Crippen molar-refractivity contribution < 1.29 is 43.4 Å². The molecule has 9 nitrogen and oxygen atoms in total. The molecule has 0 spiro atoms. The summed E-state index contributed by atoms with van der Waals surface area (Å²) in [7, 11) is -4.64. The quantitative estimate of drug-likeness (QED) is 0.322. The number of phosphoric acid groups is 1. The van der Waals surface area contributed by atoms with Crippen LogP contribution in [0, 0.1) is 0 Å². The zero-order valence-electron chi connectivity index (χ0n) is 12.4. The normalized spacial score (nSPS) is 14.1. The maximum atomic E-state index is 10.5. The number of aliphatic hydroxyl groups excluding tert-OH is 1. The molecule has 0 aromatic rings. The van der Waals surface area contributed by atoms with Crippen molar-refractivity contribution in [3.8, 4) is 0 Å². The Balaban J connectivity index is 0. The average molecular weight is 342 g/mol. The van der Waals surface area contributed by atoms with E-state index >= 15 is 0 Å². The Morgan fingerprint density at radius 1 is 1.32 bits per heavy atom. The Morgan fingerprint density at radius 2 is 1.86 bits per heavy atom. The largest absolute Gasteiger partial charge is 0.466 e. The van der Waals surface area contributed by atoms with Crippen molar-refractivity contribution in [2.45, 2.75) is 32.6 Å². The van der Waals surface area contributed by atoms with E-state index in [0.717, 1.165) is 19.3 Å². The van der Waals surface area contributed by atoms with Gasteiger partial charge in [0.05, 0.1) is 13.2 Å². The number of cyclic esters (lactones) is 1. The molecule has 130 valence electrons. The van der Waals surface area contributed by atoms with Crippen LogP contribution in [0.5, 0.6) is 0 Å². The van der Waals surface area contributed by atoms with Gasteiger partial charge in [0.1, 0.15) is 6.61 Å². The van der Waals surface area contributed by atoms with Crippen LogP contribution in [0.3, 0.4) is 0 Å². The number of aliphatic hydroxyl groups is 1. The van der Waals surface area contributed by atoms with Crippen LogP contribution in [0.2, 0.25) is 0 Å². The third-order valence-electron chi connectivity index (χ3n) is 1.96. The molecule has 0 bridgehead atoms. The monoisotopic (exact) mass is 342 g/mol. The number of rotatable bonds is 3. The molecule has 1 saturated heterocycles. The van der Waals surface area contributed by atoms with Crippen molar-refractivity contribution in [2.24, 2.45) is 0 Å². The van der Waals surface area contributed by atoms with Gasteiger partial charge in [-0.05, 0) is 26.2 Å². The van der Waals surface area contributed by atoms with Gasteiger partial charge in [-0.1, -0.05) is 6.58 Å². The first-order valence-electron chi connectivity index (χ1n) is 6.45. The number of hydrogen-bond acceptors (Lipinski definition) is 6. The SMILES string of the molecule is C=C(C)C(=O)OCCO.O=C1CCCCCO1.O=P(O)(O)O. The summed E-state index contributed by atoms with van der Waals surface area (Å²) in [5, 5.41) is 8.19. The van der Waals surface area contributed by atoms with E-state index in [-0.39, 0.29) is 19.2 Å². The lowest BCUT2D eigenvalue weighted by Gasteiger charge is -1.99. The summed E-state index contributed by atoms with van der Waals surface area (Å²) in [6.45, 7) is 5.45.